The number of ether oxygens (including phenoxy) is 1. The van der Waals surface area contributed by atoms with Gasteiger partial charge in [0.05, 0.1) is 12.2 Å². The molecule has 0 spiro atoms. The van der Waals surface area contributed by atoms with Gasteiger partial charge in [0, 0.05) is 19.6 Å². The lowest BCUT2D eigenvalue weighted by atomic mass is 10.0. The third kappa shape index (κ3) is 3.44. The molecule has 4 heteroatoms. The van der Waals surface area contributed by atoms with Crippen LogP contribution in [0.4, 0.5) is 5.69 Å². The van der Waals surface area contributed by atoms with Gasteiger partial charge in [-0.05, 0) is 37.7 Å². The third-order valence-corrected chi connectivity index (χ3v) is 3.84. The van der Waals surface area contributed by atoms with Crippen molar-refractivity contribution in [1.29, 1.82) is 0 Å². The number of hydrogen-bond acceptors (Lipinski definition) is 4. The Hall–Kier alpha value is -1.26. The van der Waals surface area contributed by atoms with Crippen LogP contribution in [0, 0.1) is 5.92 Å². The van der Waals surface area contributed by atoms with E-state index in [1.54, 1.807) is 0 Å². The average molecular weight is 277 g/mol. The Morgan fingerprint density at radius 1 is 1.40 bits per heavy atom. The standard InChI is InChI=1S/C16H27N3O/c1-12(2)16-11-19(8-7-18(3)4)14-6-5-13(10-17)9-15(14)20-16/h5-6,9,12,16H,7-8,10-11,17H2,1-4H3. The molecule has 0 radical (unpaired) electrons. The van der Waals surface area contributed by atoms with E-state index in [0.29, 0.717) is 12.5 Å². The predicted octanol–water partition coefficient (Wildman–Crippen LogP) is 1.93. The molecule has 0 aromatic heterocycles. The lowest BCUT2D eigenvalue weighted by Gasteiger charge is -2.38. The fraction of sp³-hybridized carbons (Fsp3) is 0.625. The van der Waals surface area contributed by atoms with Gasteiger partial charge >= 0.3 is 0 Å². The highest BCUT2D eigenvalue weighted by Crippen LogP contribution is 2.35. The molecule has 2 rings (SSSR count). The lowest BCUT2D eigenvalue weighted by Crippen LogP contribution is -2.45. The highest BCUT2D eigenvalue weighted by Gasteiger charge is 2.27. The number of nitrogens with two attached hydrogens (primary N) is 1. The van der Waals surface area contributed by atoms with Crippen molar-refractivity contribution < 1.29 is 4.74 Å². The average Bonchev–Trinajstić information content (AvgIpc) is 2.43. The van der Waals surface area contributed by atoms with Gasteiger partial charge in [0.25, 0.3) is 0 Å². The fourth-order valence-electron chi connectivity index (χ4n) is 2.44. The molecule has 112 valence electrons. The molecule has 0 fully saturated rings. The summed E-state index contributed by atoms with van der Waals surface area (Å²) in [5.41, 5.74) is 8.06. The van der Waals surface area contributed by atoms with Gasteiger partial charge in [-0.3, -0.25) is 0 Å². The van der Waals surface area contributed by atoms with E-state index < -0.39 is 0 Å². The van der Waals surface area contributed by atoms with E-state index in [-0.39, 0.29) is 6.10 Å². The van der Waals surface area contributed by atoms with Crippen molar-refractivity contribution in [2.24, 2.45) is 11.7 Å². The Bertz CT molecular complexity index is 445. The molecule has 20 heavy (non-hydrogen) atoms. The van der Waals surface area contributed by atoms with Crippen LogP contribution in [0.5, 0.6) is 5.75 Å². The van der Waals surface area contributed by atoms with E-state index in [1.165, 1.54) is 5.69 Å². The van der Waals surface area contributed by atoms with E-state index in [2.05, 4.69) is 55.9 Å². The zero-order valence-corrected chi connectivity index (χ0v) is 13.1. The fourth-order valence-corrected chi connectivity index (χ4v) is 2.44. The van der Waals surface area contributed by atoms with E-state index >= 15 is 0 Å². The number of rotatable bonds is 5. The summed E-state index contributed by atoms with van der Waals surface area (Å²) in [6, 6.07) is 6.33. The molecule has 0 saturated carbocycles. The second-order valence-corrected chi connectivity index (χ2v) is 6.16. The second-order valence-electron chi connectivity index (χ2n) is 6.16. The Kier molecular flexibility index (Phi) is 4.89. The summed E-state index contributed by atoms with van der Waals surface area (Å²) in [6.07, 6.45) is 0.248. The smallest absolute Gasteiger partial charge is 0.143 e. The zero-order chi connectivity index (χ0) is 14.7. The van der Waals surface area contributed by atoms with Crippen molar-refractivity contribution in [1.82, 2.24) is 4.90 Å². The highest BCUT2D eigenvalue weighted by atomic mass is 16.5. The molecular weight excluding hydrogens is 250 g/mol. The molecule has 1 heterocycles. The van der Waals surface area contributed by atoms with Gasteiger partial charge in [-0.2, -0.15) is 0 Å². The maximum atomic E-state index is 6.16. The van der Waals surface area contributed by atoms with Crippen LogP contribution in [0.15, 0.2) is 18.2 Å². The number of anilines is 1. The molecular formula is C16H27N3O. The van der Waals surface area contributed by atoms with Crippen molar-refractivity contribution in [3.63, 3.8) is 0 Å². The molecule has 0 bridgehead atoms. The summed E-state index contributed by atoms with van der Waals surface area (Å²) in [5, 5.41) is 0. The molecule has 1 aromatic rings. The topological polar surface area (TPSA) is 41.7 Å². The summed E-state index contributed by atoms with van der Waals surface area (Å²) < 4.78 is 6.16. The summed E-state index contributed by atoms with van der Waals surface area (Å²) in [5.74, 6) is 1.49. The molecule has 0 amide bonds. The van der Waals surface area contributed by atoms with Crippen LogP contribution in [0.1, 0.15) is 19.4 Å². The maximum Gasteiger partial charge on any atom is 0.143 e. The number of nitrogens with zero attached hydrogens (tertiary/aromatic N) is 2. The molecule has 1 unspecified atom stereocenters. The number of benzene rings is 1. The predicted molar refractivity (Wildman–Crippen MR) is 84.4 cm³/mol. The Morgan fingerprint density at radius 3 is 2.75 bits per heavy atom. The Morgan fingerprint density at radius 2 is 2.15 bits per heavy atom. The summed E-state index contributed by atoms with van der Waals surface area (Å²) in [6.45, 7) is 8.01. The van der Waals surface area contributed by atoms with Crippen molar-refractivity contribution in [3.8, 4) is 5.75 Å². The van der Waals surface area contributed by atoms with E-state index in [0.717, 1.165) is 30.9 Å². The maximum absolute atomic E-state index is 6.16. The van der Waals surface area contributed by atoms with Crippen LogP contribution in [0.3, 0.4) is 0 Å². The molecule has 1 aromatic carbocycles. The Balaban J connectivity index is 2.24. The molecule has 2 N–H and O–H groups in total. The lowest BCUT2D eigenvalue weighted by molar-refractivity contribution is 0.145. The highest BCUT2D eigenvalue weighted by molar-refractivity contribution is 5.61. The molecule has 1 aliphatic heterocycles. The third-order valence-electron chi connectivity index (χ3n) is 3.84. The summed E-state index contributed by atoms with van der Waals surface area (Å²) >= 11 is 0. The van der Waals surface area contributed by atoms with Crippen LogP contribution in [0.2, 0.25) is 0 Å². The first kappa shape index (κ1) is 15.1. The monoisotopic (exact) mass is 277 g/mol. The van der Waals surface area contributed by atoms with Crippen LogP contribution in [-0.4, -0.2) is 44.7 Å². The van der Waals surface area contributed by atoms with Gasteiger partial charge in [0.1, 0.15) is 11.9 Å². The first-order valence-electron chi connectivity index (χ1n) is 7.40. The van der Waals surface area contributed by atoms with Gasteiger partial charge < -0.3 is 20.3 Å². The van der Waals surface area contributed by atoms with Crippen LogP contribution in [-0.2, 0) is 6.54 Å². The van der Waals surface area contributed by atoms with Gasteiger partial charge in [-0.25, -0.2) is 0 Å². The van der Waals surface area contributed by atoms with Crippen molar-refractivity contribution >= 4 is 5.69 Å². The number of hydrogen-bond donors (Lipinski definition) is 1. The van der Waals surface area contributed by atoms with E-state index in [9.17, 15) is 0 Å². The van der Waals surface area contributed by atoms with Gasteiger partial charge in [0.15, 0.2) is 0 Å². The quantitative estimate of drug-likeness (QED) is 0.893. The molecule has 1 aliphatic rings. The summed E-state index contributed by atoms with van der Waals surface area (Å²) in [7, 11) is 4.22. The summed E-state index contributed by atoms with van der Waals surface area (Å²) in [4.78, 5) is 4.65. The van der Waals surface area contributed by atoms with E-state index in [1.807, 2.05) is 0 Å². The van der Waals surface area contributed by atoms with Gasteiger partial charge in [-0.15, -0.1) is 0 Å². The number of fused-ring (bicyclic) bond motifs is 1. The van der Waals surface area contributed by atoms with Crippen LogP contribution in [0.25, 0.3) is 0 Å². The second kappa shape index (κ2) is 6.46. The molecule has 1 atom stereocenters. The minimum Gasteiger partial charge on any atom is -0.486 e. The van der Waals surface area contributed by atoms with Crippen LogP contribution >= 0.6 is 0 Å². The van der Waals surface area contributed by atoms with Gasteiger partial charge in [0.2, 0.25) is 0 Å². The molecule has 0 saturated heterocycles. The molecule has 4 nitrogen and oxygen atoms in total. The SMILES string of the molecule is CC(C)C1CN(CCN(C)C)c2ccc(CN)cc2O1. The van der Waals surface area contributed by atoms with Crippen molar-refractivity contribution in [2.45, 2.75) is 26.5 Å². The van der Waals surface area contributed by atoms with Crippen LogP contribution < -0.4 is 15.4 Å². The Labute approximate surface area is 122 Å². The minimum atomic E-state index is 0.248. The largest absolute Gasteiger partial charge is 0.486 e. The normalized spacial score (nSPS) is 18.4. The minimum absolute atomic E-state index is 0.248. The first-order chi connectivity index (χ1) is 9.51. The van der Waals surface area contributed by atoms with Crippen molar-refractivity contribution in [3.05, 3.63) is 23.8 Å². The van der Waals surface area contributed by atoms with Crippen molar-refractivity contribution in [2.75, 3.05) is 38.6 Å². The van der Waals surface area contributed by atoms with Gasteiger partial charge in [-0.1, -0.05) is 19.9 Å². The molecule has 0 aliphatic carbocycles. The number of likely N-dealkylation sites (N-methyl/N-ethyl adjacent to an activating group) is 1. The first-order valence-corrected chi connectivity index (χ1v) is 7.40. The van der Waals surface area contributed by atoms with E-state index in [4.69, 9.17) is 10.5 Å². The zero-order valence-electron chi connectivity index (χ0n) is 13.1.